The second-order valence-corrected chi connectivity index (χ2v) is 3.14. The lowest BCUT2D eigenvalue weighted by molar-refractivity contribution is -0.386. The number of hydrogen-bond donors (Lipinski definition) is 0. The molecule has 1 rings (SSSR count). The Balaban J connectivity index is 3.28. The third-order valence-corrected chi connectivity index (χ3v) is 2.13. The van der Waals surface area contributed by atoms with Crippen molar-refractivity contribution in [3.63, 3.8) is 0 Å². The van der Waals surface area contributed by atoms with Gasteiger partial charge < -0.3 is 0 Å². The van der Waals surface area contributed by atoms with Crippen LogP contribution in [0.3, 0.4) is 0 Å². The number of pyridine rings is 1. The van der Waals surface area contributed by atoms with Gasteiger partial charge in [0.25, 0.3) is 5.69 Å². The number of alkyl halides is 4. The van der Waals surface area contributed by atoms with E-state index >= 15 is 0 Å². The molecule has 0 aliphatic carbocycles. The van der Waals surface area contributed by atoms with Crippen molar-refractivity contribution in [1.82, 2.24) is 4.98 Å². The van der Waals surface area contributed by atoms with E-state index in [-0.39, 0.29) is 11.0 Å². The smallest absolute Gasteiger partial charge is 0.258 e. The summed E-state index contributed by atoms with van der Waals surface area (Å²) in [6.07, 6.45) is -4.05. The molecular weight excluding hydrogens is 281 g/mol. The molecule has 0 spiro atoms. The van der Waals surface area contributed by atoms with Crippen LogP contribution >= 0.6 is 15.9 Å². The van der Waals surface area contributed by atoms with E-state index in [9.17, 15) is 23.3 Å². The van der Waals surface area contributed by atoms with Gasteiger partial charge in [0.2, 0.25) is 0 Å². The zero-order valence-electron chi connectivity index (χ0n) is 7.08. The molecule has 0 N–H and O–H groups in total. The van der Waals surface area contributed by atoms with Gasteiger partial charge in [-0.2, -0.15) is 13.2 Å². The number of aromatic nitrogens is 1. The van der Waals surface area contributed by atoms with Gasteiger partial charge in [0, 0.05) is 12.3 Å². The van der Waals surface area contributed by atoms with Crippen molar-refractivity contribution in [3.05, 3.63) is 33.6 Å². The van der Waals surface area contributed by atoms with Crippen molar-refractivity contribution in [1.29, 1.82) is 0 Å². The molecule has 0 saturated carbocycles. The Morgan fingerprint density at radius 3 is 2.53 bits per heavy atom. The standard InChI is InChI=1S/C7H4BrF3N2O2/c8-2-5-6(13(14)15)1-4(3-12-5)7(9,10)11/h1,3H,2H2. The summed E-state index contributed by atoms with van der Waals surface area (Å²) < 4.78 is 36.6. The summed E-state index contributed by atoms with van der Waals surface area (Å²) in [6, 6.07) is 0.476. The lowest BCUT2D eigenvalue weighted by Crippen LogP contribution is -2.08. The molecule has 8 heteroatoms. The van der Waals surface area contributed by atoms with Crippen LogP contribution in [-0.2, 0) is 11.5 Å². The van der Waals surface area contributed by atoms with Crippen molar-refractivity contribution >= 4 is 21.6 Å². The van der Waals surface area contributed by atoms with E-state index in [2.05, 4.69) is 20.9 Å². The van der Waals surface area contributed by atoms with E-state index in [4.69, 9.17) is 0 Å². The quantitative estimate of drug-likeness (QED) is 0.477. The number of halogens is 4. The Kier molecular flexibility index (Phi) is 3.28. The molecule has 0 aliphatic rings. The predicted molar refractivity (Wildman–Crippen MR) is 48.5 cm³/mol. The summed E-state index contributed by atoms with van der Waals surface area (Å²) in [5.41, 5.74) is -1.80. The van der Waals surface area contributed by atoms with Crippen LogP contribution in [0.5, 0.6) is 0 Å². The molecular formula is C7H4BrF3N2O2. The Morgan fingerprint density at radius 1 is 1.53 bits per heavy atom. The zero-order chi connectivity index (χ0) is 11.6. The molecule has 0 fully saturated rings. The molecule has 0 aliphatic heterocycles. The van der Waals surface area contributed by atoms with E-state index in [1.54, 1.807) is 0 Å². The number of nitrogens with zero attached hydrogens (tertiary/aromatic N) is 2. The van der Waals surface area contributed by atoms with Gasteiger partial charge in [0.05, 0.1) is 15.8 Å². The largest absolute Gasteiger partial charge is 0.418 e. The molecule has 1 aromatic rings. The molecule has 0 bridgehead atoms. The molecule has 82 valence electrons. The zero-order valence-corrected chi connectivity index (χ0v) is 8.67. The van der Waals surface area contributed by atoms with Crippen molar-refractivity contribution in [2.24, 2.45) is 0 Å². The molecule has 0 unspecified atom stereocenters. The molecule has 0 saturated heterocycles. The minimum atomic E-state index is -4.62. The maximum absolute atomic E-state index is 12.2. The summed E-state index contributed by atoms with van der Waals surface area (Å²) in [6.45, 7) is 0. The summed E-state index contributed by atoms with van der Waals surface area (Å²) in [5.74, 6) is 0. The molecule has 15 heavy (non-hydrogen) atoms. The predicted octanol–water partition coefficient (Wildman–Crippen LogP) is 2.90. The van der Waals surface area contributed by atoms with Crippen LogP contribution in [0.15, 0.2) is 12.3 Å². The van der Waals surface area contributed by atoms with Gasteiger partial charge in [-0.3, -0.25) is 15.1 Å². The Morgan fingerprint density at radius 2 is 2.13 bits per heavy atom. The molecule has 0 radical (unpaired) electrons. The second kappa shape index (κ2) is 4.13. The topological polar surface area (TPSA) is 56.0 Å². The Labute approximate surface area is 90.4 Å². The van der Waals surface area contributed by atoms with Gasteiger partial charge in [0.1, 0.15) is 5.69 Å². The first-order valence-electron chi connectivity index (χ1n) is 3.62. The molecule has 4 nitrogen and oxygen atoms in total. The van der Waals surface area contributed by atoms with E-state index in [1.807, 2.05) is 0 Å². The van der Waals surface area contributed by atoms with E-state index in [0.717, 1.165) is 0 Å². The fourth-order valence-electron chi connectivity index (χ4n) is 0.898. The van der Waals surface area contributed by atoms with E-state index in [1.165, 1.54) is 0 Å². The molecule has 0 amide bonds. The van der Waals surface area contributed by atoms with Crippen LogP contribution in [0.1, 0.15) is 11.3 Å². The highest BCUT2D eigenvalue weighted by atomic mass is 79.9. The summed E-state index contributed by atoms with van der Waals surface area (Å²) >= 11 is 2.90. The van der Waals surface area contributed by atoms with Crippen molar-refractivity contribution in [2.45, 2.75) is 11.5 Å². The first kappa shape index (κ1) is 11.9. The Bertz CT molecular complexity index is 394. The summed E-state index contributed by atoms with van der Waals surface area (Å²) in [5, 5.41) is 10.5. The van der Waals surface area contributed by atoms with Crippen molar-refractivity contribution in [3.8, 4) is 0 Å². The van der Waals surface area contributed by atoms with Crippen LogP contribution in [0.4, 0.5) is 18.9 Å². The number of hydrogen-bond acceptors (Lipinski definition) is 3. The average molecular weight is 285 g/mol. The van der Waals surface area contributed by atoms with Gasteiger partial charge in [-0.05, 0) is 0 Å². The van der Waals surface area contributed by atoms with E-state index in [0.29, 0.717) is 12.3 Å². The highest BCUT2D eigenvalue weighted by Gasteiger charge is 2.33. The maximum Gasteiger partial charge on any atom is 0.418 e. The maximum atomic E-state index is 12.2. The molecule has 1 heterocycles. The average Bonchev–Trinajstić information content (AvgIpc) is 2.15. The van der Waals surface area contributed by atoms with Crippen LogP contribution < -0.4 is 0 Å². The highest BCUT2D eigenvalue weighted by Crippen LogP contribution is 2.32. The SMILES string of the molecule is O=[N+]([O-])c1cc(C(F)(F)F)cnc1CBr. The first-order valence-corrected chi connectivity index (χ1v) is 4.75. The fraction of sp³-hybridized carbons (Fsp3) is 0.286. The monoisotopic (exact) mass is 284 g/mol. The van der Waals surface area contributed by atoms with Crippen molar-refractivity contribution in [2.75, 3.05) is 0 Å². The molecule has 1 aromatic heterocycles. The minimum absolute atomic E-state index is 0.0292. The van der Waals surface area contributed by atoms with Gasteiger partial charge in [-0.1, -0.05) is 15.9 Å². The minimum Gasteiger partial charge on any atom is -0.258 e. The Hall–Kier alpha value is -1.18. The van der Waals surface area contributed by atoms with Gasteiger partial charge in [-0.25, -0.2) is 0 Å². The van der Waals surface area contributed by atoms with Gasteiger partial charge >= 0.3 is 6.18 Å². The normalized spacial score (nSPS) is 11.5. The third kappa shape index (κ3) is 2.65. The fourth-order valence-corrected chi connectivity index (χ4v) is 1.33. The number of rotatable bonds is 2. The van der Waals surface area contributed by atoms with Crippen LogP contribution in [-0.4, -0.2) is 9.91 Å². The number of nitro groups is 1. The lowest BCUT2D eigenvalue weighted by atomic mass is 10.2. The van der Waals surface area contributed by atoms with Crippen LogP contribution in [0.25, 0.3) is 0 Å². The summed E-state index contributed by atoms with van der Waals surface area (Å²) in [7, 11) is 0. The van der Waals surface area contributed by atoms with Crippen LogP contribution in [0, 0.1) is 10.1 Å². The van der Waals surface area contributed by atoms with E-state index < -0.39 is 22.4 Å². The van der Waals surface area contributed by atoms with Crippen molar-refractivity contribution < 1.29 is 18.1 Å². The molecule has 0 atom stereocenters. The highest BCUT2D eigenvalue weighted by molar-refractivity contribution is 9.08. The van der Waals surface area contributed by atoms with Gasteiger partial charge in [-0.15, -0.1) is 0 Å². The second-order valence-electron chi connectivity index (χ2n) is 2.58. The third-order valence-electron chi connectivity index (χ3n) is 1.60. The summed E-state index contributed by atoms with van der Waals surface area (Å²) in [4.78, 5) is 12.9. The van der Waals surface area contributed by atoms with Crippen LogP contribution in [0.2, 0.25) is 0 Å². The first-order chi connectivity index (χ1) is 6.86. The lowest BCUT2D eigenvalue weighted by Gasteiger charge is -2.06. The molecule has 0 aromatic carbocycles. The van der Waals surface area contributed by atoms with Gasteiger partial charge in [0.15, 0.2) is 0 Å².